The van der Waals surface area contributed by atoms with Gasteiger partial charge in [-0.25, -0.2) is 0 Å². The van der Waals surface area contributed by atoms with Gasteiger partial charge in [-0.3, -0.25) is 0 Å². The molecule has 2 aromatic heterocycles. The monoisotopic (exact) mass is 652 g/mol. The van der Waals surface area contributed by atoms with Gasteiger partial charge in [-0.05, 0) is 95.1 Å². The second kappa shape index (κ2) is 11.9. The largest absolute Gasteiger partial charge is 0.455 e. The van der Waals surface area contributed by atoms with Crippen molar-refractivity contribution in [2.45, 2.75) is 0 Å². The molecule has 8 aromatic carbocycles. The maximum Gasteiger partial charge on any atom is 0.145 e. The summed E-state index contributed by atoms with van der Waals surface area (Å²) in [6.07, 6.45) is 0. The summed E-state index contributed by atoms with van der Waals surface area (Å²) in [7, 11) is 0. The lowest BCUT2D eigenvalue weighted by Crippen LogP contribution is -2.10. The van der Waals surface area contributed by atoms with Crippen LogP contribution in [0.1, 0.15) is 0 Å². The quantitative estimate of drug-likeness (QED) is 0.178. The lowest BCUT2D eigenvalue weighted by molar-refractivity contribution is 0.673. The molecule has 3 heteroatoms. The van der Waals surface area contributed by atoms with E-state index in [1.807, 2.05) is 6.07 Å². The summed E-state index contributed by atoms with van der Waals surface area (Å²) in [5.41, 5.74) is 13.2. The highest BCUT2D eigenvalue weighted by atomic mass is 16.3. The number of furan rings is 1. The molecule has 2 heterocycles. The van der Waals surface area contributed by atoms with Crippen LogP contribution in [0.3, 0.4) is 0 Å². The molecule has 51 heavy (non-hydrogen) atoms. The van der Waals surface area contributed by atoms with Crippen LogP contribution in [0.15, 0.2) is 199 Å². The molecule has 240 valence electrons. The van der Waals surface area contributed by atoms with Crippen LogP contribution >= 0.6 is 0 Å². The van der Waals surface area contributed by atoms with Crippen LogP contribution in [-0.4, -0.2) is 4.57 Å². The Balaban J connectivity index is 1.21. The minimum absolute atomic E-state index is 0.899. The van der Waals surface area contributed by atoms with Gasteiger partial charge >= 0.3 is 0 Å². The summed E-state index contributed by atoms with van der Waals surface area (Å²) >= 11 is 0. The number of hydrogen-bond donors (Lipinski definition) is 0. The first-order chi connectivity index (χ1) is 25.3. The number of anilines is 3. The Labute approximate surface area is 295 Å². The number of nitrogens with zero attached hydrogens (tertiary/aromatic N) is 2. The van der Waals surface area contributed by atoms with E-state index in [2.05, 4.69) is 198 Å². The number of benzene rings is 8. The van der Waals surface area contributed by atoms with Gasteiger partial charge in [-0.2, -0.15) is 0 Å². The van der Waals surface area contributed by atoms with Crippen molar-refractivity contribution in [2.24, 2.45) is 0 Å². The lowest BCUT2D eigenvalue weighted by atomic mass is 10.0. The normalized spacial score (nSPS) is 11.5. The molecule has 0 amide bonds. The highest BCUT2D eigenvalue weighted by Crippen LogP contribution is 2.44. The van der Waals surface area contributed by atoms with Crippen LogP contribution in [0.25, 0.3) is 71.7 Å². The molecule has 0 aliphatic carbocycles. The molecule has 0 aliphatic rings. The van der Waals surface area contributed by atoms with Gasteiger partial charge in [0.1, 0.15) is 11.2 Å². The fraction of sp³-hybridized carbons (Fsp3) is 0. The predicted molar refractivity (Wildman–Crippen MR) is 214 cm³/mol. The summed E-state index contributed by atoms with van der Waals surface area (Å²) in [4.78, 5) is 2.35. The third kappa shape index (κ3) is 4.90. The van der Waals surface area contributed by atoms with E-state index in [1.165, 1.54) is 22.3 Å². The summed E-state index contributed by atoms with van der Waals surface area (Å²) in [6, 6.07) is 69.1. The smallest absolute Gasteiger partial charge is 0.145 e. The Morgan fingerprint density at radius 1 is 0.373 bits per heavy atom. The molecule has 10 rings (SSSR count). The molecule has 0 aliphatic heterocycles. The zero-order valence-corrected chi connectivity index (χ0v) is 27.8. The fourth-order valence-electron chi connectivity index (χ4n) is 7.58. The van der Waals surface area contributed by atoms with Gasteiger partial charge in [-0.15, -0.1) is 0 Å². The van der Waals surface area contributed by atoms with Gasteiger partial charge in [0.2, 0.25) is 0 Å². The molecule has 0 unspecified atom stereocenters. The zero-order valence-electron chi connectivity index (χ0n) is 27.8. The van der Waals surface area contributed by atoms with Crippen LogP contribution in [0.4, 0.5) is 17.1 Å². The first-order valence-electron chi connectivity index (χ1n) is 17.4. The SMILES string of the molecule is c1ccc(-c2ccc(N(c3ccc(-c4ccccc4)cc3)c3ccc4c(c3)c3c5oc6ccccc6c5ccc3n4-c3ccccc3)cc2)cc1. The van der Waals surface area contributed by atoms with E-state index in [0.29, 0.717) is 0 Å². The van der Waals surface area contributed by atoms with Crippen molar-refractivity contribution in [3.05, 3.63) is 194 Å². The number of aromatic nitrogens is 1. The van der Waals surface area contributed by atoms with Crippen molar-refractivity contribution in [3.63, 3.8) is 0 Å². The molecular formula is C48H32N2O. The first-order valence-corrected chi connectivity index (χ1v) is 17.4. The average molecular weight is 653 g/mol. The van der Waals surface area contributed by atoms with Crippen LogP contribution in [0.2, 0.25) is 0 Å². The number of rotatable bonds is 6. The third-order valence-corrected chi connectivity index (χ3v) is 9.99. The van der Waals surface area contributed by atoms with Gasteiger partial charge in [0.25, 0.3) is 0 Å². The highest BCUT2D eigenvalue weighted by molar-refractivity contribution is 6.24. The van der Waals surface area contributed by atoms with Crippen LogP contribution < -0.4 is 4.90 Å². The van der Waals surface area contributed by atoms with Crippen LogP contribution in [-0.2, 0) is 0 Å². The lowest BCUT2D eigenvalue weighted by Gasteiger charge is -2.26. The van der Waals surface area contributed by atoms with E-state index < -0.39 is 0 Å². The van der Waals surface area contributed by atoms with Crippen molar-refractivity contribution >= 4 is 60.8 Å². The van der Waals surface area contributed by atoms with E-state index in [-0.39, 0.29) is 0 Å². The first kappa shape index (κ1) is 29.1. The maximum absolute atomic E-state index is 6.68. The van der Waals surface area contributed by atoms with Crippen molar-refractivity contribution in [1.29, 1.82) is 0 Å². The van der Waals surface area contributed by atoms with Crippen molar-refractivity contribution in [1.82, 2.24) is 4.57 Å². The molecule has 10 aromatic rings. The van der Waals surface area contributed by atoms with E-state index in [4.69, 9.17) is 4.42 Å². The molecule has 0 atom stereocenters. The predicted octanol–water partition coefficient (Wildman–Crippen LogP) is 13.5. The van der Waals surface area contributed by atoms with Crippen LogP contribution in [0.5, 0.6) is 0 Å². The Hall–Kier alpha value is -6.84. The van der Waals surface area contributed by atoms with Crippen molar-refractivity contribution in [2.75, 3.05) is 4.90 Å². The molecule has 0 fully saturated rings. The van der Waals surface area contributed by atoms with E-state index >= 15 is 0 Å². The molecule has 0 saturated heterocycles. The molecule has 0 radical (unpaired) electrons. The molecule has 3 nitrogen and oxygen atoms in total. The number of para-hydroxylation sites is 2. The number of fused-ring (bicyclic) bond motifs is 7. The van der Waals surface area contributed by atoms with Crippen LogP contribution in [0, 0.1) is 0 Å². The number of hydrogen-bond acceptors (Lipinski definition) is 2. The summed E-state index contributed by atoms with van der Waals surface area (Å²) in [6.45, 7) is 0. The minimum atomic E-state index is 0.899. The highest BCUT2D eigenvalue weighted by Gasteiger charge is 2.21. The van der Waals surface area contributed by atoms with Gasteiger partial charge in [-0.1, -0.05) is 121 Å². The van der Waals surface area contributed by atoms with E-state index in [9.17, 15) is 0 Å². The molecule has 0 saturated carbocycles. The van der Waals surface area contributed by atoms with E-state index in [1.54, 1.807) is 0 Å². The van der Waals surface area contributed by atoms with E-state index in [0.717, 1.165) is 66.5 Å². The second-order valence-corrected chi connectivity index (χ2v) is 13.0. The Morgan fingerprint density at radius 2 is 0.882 bits per heavy atom. The zero-order chi connectivity index (χ0) is 33.7. The second-order valence-electron chi connectivity index (χ2n) is 13.0. The summed E-state index contributed by atoms with van der Waals surface area (Å²) in [5.74, 6) is 0. The minimum Gasteiger partial charge on any atom is -0.455 e. The standard InChI is InChI=1S/C48H32N2O/c1-4-12-33(13-5-1)35-20-24-38(25-21-35)49(39-26-22-36(23-27-39)34-14-6-2-7-15-34)40-28-30-44-43(32-40)47-45(50(44)37-16-8-3-9-17-37)31-29-42-41-18-10-11-19-46(41)51-48(42)47/h1-32H. The maximum atomic E-state index is 6.68. The summed E-state index contributed by atoms with van der Waals surface area (Å²) in [5, 5.41) is 4.51. The van der Waals surface area contributed by atoms with Gasteiger partial charge in [0, 0.05) is 38.9 Å². The summed E-state index contributed by atoms with van der Waals surface area (Å²) < 4.78 is 9.03. The fourth-order valence-corrected chi connectivity index (χ4v) is 7.58. The van der Waals surface area contributed by atoms with Gasteiger partial charge in [0.05, 0.1) is 16.4 Å². The molecule has 0 bridgehead atoms. The Bertz CT molecular complexity index is 2730. The Morgan fingerprint density at radius 3 is 1.51 bits per heavy atom. The van der Waals surface area contributed by atoms with Gasteiger partial charge in [0.15, 0.2) is 0 Å². The van der Waals surface area contributed by atoms with Crippen molar-refractivity contribution in [3.8, 4) is 27.9 Å². The Kier molecular flexibility index (Phi) is 6.81. The topological polar surface area (TPSA) is 21.3 Å². The average Bonchev–Trinajstić information content (AvgIpc) is 3.75. The third-order valence-electron chi connectivity index (χ3n) is 9.99. The van der Waals surface area contributed by atoms with Gasteiger partial charge < -0.3 is 13.9 Å². The molecule has 0 N–H and O–H groups in total. The molecular weight excluding hydrogens is 621 g/mol. The van der Waals surface area contributed by atoms with Crippen molar-refractivity contribution < 1.29 is 4.42 Å². The molecule has 0 spiro atoms.